The number of amides is 2. The van der Waals surface area contributed by atoms with Gasteiger partial charge in [-0.2, -0.15) is 13.9 Å². The van der Waals surface area contributed by atoms with Crippen molar-refractivity contribution in [2.75, 3.05) is 18.9 Å². The van der Waals surface area contributed by atoms with Gasteiger partial charge in [-0.1, -0.05) is 6.07 Å². The van der Waals surface area contributed by atoms with E-state index in [0.717, 1.165) is 12.1 Å². The Morgan fingerprint density at radius 3 is 2.67 bits per heavy atom. The second kappa shape index (κ2) is 7.01. The zero-order valence-corrected chi connectivity index (χ0v) is 14.4. The molecule has 1 aliphatic rings. The van der Waals surface area contributed by atoms with E-state index in [1.165, 1.54) is 31.0 Å². The van der Waals surface area contributed by atoms with Crippen LogP contribution in [0.2, 0.25) is 0 Å². The number of anilines is 1. The molecule has 144 valence electrons. The van der Waals surface area contributed by atoms with Gasteiger partial charge in [0.05, 0.1) is 11.4 Å². The molecule has 2 amide bonds. The molecule has 0 spiro atoms. The number of aryl methyl sites for hydroxylation is 1. The van der Waals surface area contributed by atoms with Crippen LogP contribution in [-0.4, -0.2) is 40.1 Å². The van der Waals surface area contributed by atoms with Gasteiger partial charge in [-0.05, 0) is 25.1 Å². The van der Waals surface area contributed by atoms with Crippen molar-refractivity contribution in [1.29, 1.82) is 0 Å². The van der Waals surface area contributed by atoms with Gasteiger partial charge in [0.1, 0.15) is 5.92 Å². The SMILES string of the molecule is Cc1cc([C@H]2CN(C)C(=O)[C@@H]2C(=O)Nc2cccc(F)c2F)nn1C(F)F. The smallest absolute Gasteiger partial charge is 0.333 e. The first-order valence-corrected chi connectivity index (χ1v) is 8.04. The molecule has 2 aromatic rings. The molecule has 0 unspecified atom stereocenters. The molecule has 1 N–H and O–H groups in total. The molecule has 3 rings (SSSR count). The quantitative estimate of drug-likeness (QED) is 0.651. The number of benzene rings is 1. The molecule has 6 nitrogen and oxygen atoms in total. The number of alkyl halides is 2. The largest absolute Gasteiger partial charge is 0.344 e. The Morgan fingerprint density at radius 2 is 2.04 bits per heavy atom. The second-order valence-electron chi connectivity index (χ2n) is 6.33. The molecule has 1 saturated heterocycles. The maximum absolute atomic E-state index is 13.8. The van der Waals surface area contributed by atoms with E-state index in [1.54, 1.807) is 0 Å². The lowest BCUT2D eigenvalue weighted by atomic mass is 9.91. The first-order valence-electron chi connectivity index (χ1n) is 8.04. The number of hydrogen-bond donors (Lipinski definition) is 1. The molecule has 1 aliphatic heterocycles. The van der Waals surface area contributed by atoms with Gasteiger partial charge >= 0.3 is 6.55 Å². The highest BCUT2D eigenvalue weighted by atomic mass is 19.3. The van der Waals surface area contributed by atoms with Crippen LogP contribution in [-0.2, 0) is 9.59 Å². The van der Waals surface area contributed by atoms with Crippen molar-refractivity contribution in [1.82, 2.24) is 14.7 Å². The van der Waals surface area contributed by atoms with Crippen molar-refractivity contribution >= 4 is 17.5 Å². The normalized spacial score (nSPS) is 19.8. The van der Waals surface area contributed by atoms with Gasteiger partial charge in [-0.25, -0.2) is 13.5 Å². The Bertz CT molecular complexity index is 899. The average molecular weight is 384 g/mol. The zero-order chi connectivity index (χ0) is 19.9. The van der Waals surface area contributed by atoms with Gasteiger partial charge in [-0.3, -0.25) is 9.59 Å². The van der Waals surface area contributed by atoms with E-state index >= 15 is 0 Å². The number of aromatic nitrogens is 2. The number of hydrogen-bond acceptors (Lipinski definition) is 3. The van der Waals surface area contributed by atoms with E-state index in [1.807, 2.05) is 0 Å². The van der Waals surface area contributed by atoms with Gasteiger partial charge in [-0.15, -0.1) is 0 Å². The highest BCUT2D eigenvalue weighted by Gasteiger charge is 2.45. The van der Waals surface area contributed by atoms with Crippen molar-refractivity contribution in [3.8, 4) is 0 Å². The van der Waals surface area contributed by atoms with Crippen LogP contribution < -0.4 is 5.32 Å². The van der Waals surface area contributed by atoms with Gasteiger partial charge in [0.2, 0.25) is 11.8 Å². The standard InChI is InChI=1S/C17H16F4N4O2/c1-8-6-12(23-25(8)17(20)21)9-7-24(2)16(27)13(9)15(26)22-11-5-3-4-10(18)14(11)19/h3-6,9,13,17H,7H2,1-2H3,(H,22,26)/t9-,13+/m1/s1. The summed E-state index contributed by atoms with van der Waals surface area (Å²) >= 11 is 0. The molecule has 27 heavy (non-hydrogen) atoms. The average Bonchev–Trinajstić information content (AvgIpc) is 3.12. The van der Waals surface area contributed by atoms with Crippen LogP contribution >= 0.6 is 0 Å². The number of carbonyl (C=O) groups is 2. The third kappa shape index (κ3) is 3.38. The van der Waals surface area contributed by atoms with Crippen molar-refractivity contribution < 1.29 is 27.2 Å². The topological polar surface area (TPSA) is 67.2 Å². The molecule has 1 aromatic carbocycles. The summed E-state index contributed by atoms with van der Waals surface area (Å²) in [4.78, 5) is 26.3. The Kier molecular flexibility index (Phi) is 4.90. The predicted octanol–water partition coefficient (Wildman–Crippen LogP) is 2.68. The molecule has 2 heterocycles. The van der Waals surface area contributed by atoms with Crippen LogP contribution in [0.15, 0.2) is 24.3 Å². The van der Waals surface area contributed by atoms with E-state index in [9.17, 15) is 27.2 Å². The molecular weight excluding hydrogens is 368 g/mol. The van der Waals surface area contributed by atoms with Gasteiger partial charge in [0.25, 0.3) is 0 Å². The summed E-state index contributed by atoms with van der Waals surface area (Å²) in [6.45, 7) is -1.34. The zero-order valence-electron chi connectivity index (χ0n) is 14.4. The van der Waals surface area contributed by atoms with Crippen LogP contribution in [0.1, 0.15) is 23.9 Å². The van der Waals surface area contributed by atoms with Crippen molar-refractivity contribution in [3.05, 3.63) is 47.3 Å². The number of nitrogens with one attached hydrogen (secondary N) is 1. The van der Waals surface area contributed by atoms with Gasteiger partial charge in [0, 0.05) is 25.2 Å². The van der Waals surface area contributed by atoms with E-state index in [2.05, 4.69) is 10.4 Å². The molecule has 1 aromatic heterocycles. The summed E-state index contributed by atoms with van der Waals surface area (Å²) in [5.41, 5.74) is -0.0712. The third-order valence-electron chi connectivity index (χ3n) is 4.51. The Labute approximate surface area is 151 Å². The molecule has 0 bridgehead atoms. The predicted molar refractivity (Wildman–Crippen MR) is 87.1 cm³/mol. The highest BCUT2D eigenvalue weighted by molar-refractivity contribution is 6.08. The fraction of sp³-hybridized carbons (Fsp3) is 0.353. The molecule has 0 saturated carbocycles. The molecule has 0 aliphatic carbocycles. The number of likely N-dealkylation sites (tertiary alicyclic amines) is 1. The van der Waals surface area contributed by atoms with Crippen molar-refractivity contribution in [3.63, 3.8) is 0 Å². The summed E-state index contributed by atoms with van der Waals surface area (Å²) < 4.78 is 53.6. The fourth-order valence-electron chi connectivity index (χ4n) is 3.16. The Balaban J connectivity index is 1.91. The summed E-state index contributed by atoms with van der Waals surface area (Å²) in [6.07, 6.45) is 0. The number of likely N-dealkylation sites (N-methyl/N-ethyl adjacent to an activating group) is 1. The van der Waals surface area contributed by atoms with Crippen molar-refractivity contribution in [2.45, 2.75) is 19.4 Å². The number of nitrogens with zero attached hydrogens (tertiary/aromatic N) is 3. The van der Waals surface area contributed by atoms with Gasteiger partial charge < -0.3 is 10.2 Å². The Hall–Kier alpha value is -2.91. The minimum Gasteiger partial charge on any atom is -0.344 e. The van der Waals surface area contributed by atoms with E-state index in [4.69, 9.17) is 0 Å². The van der Waals surface area contributed by atoms with Crippen molar-refractivity contribution in [2.24, 2.45) is 5.92 Å². The second-order valence-corrected chi connectivity index (χ2v) is 6.33. The van der Waals surface area contributed by atoms with E-state index in [-0.39, 0.29) is 17.9 Å². The number of carbonyl (C=O) groups excluding carboxylic acids is 2. The van der Waals surface area contributed by atoms with Crippen LogP contribution in [0.5, 0.6) is 0 Å². The summed E-state index contributed by atoms with van der Waals surface area (Å²) in [5.74, 6) is -5.90. The highest BCUT2D eigenvalue weighted by Crippen LogP contribution is 2.34. The van der Waals surface area contributed by atoms with Crippen LogP contribution in [0, 0.1) is 24.5 Å². The third-order valence-corrected chi connectivity index (χ3v) is 4.51. The lowest BCUT2D eigenvalue weighted by Gasteiger charge is -2.15. The first-order chi connectivity index (χ1) is 12.7. The van der Waals surface area contributed by atoms with Crippen LogP contribution in [0.3, 0.4) is 0 Å². The summed E-state index contributed by atoms with van der Waals surface area (Å²) in [5, 5.41) is 6.01. The molecule has 10 heteroatoms. The maximum atomic E-state index is 13.8. The molecular formula is C17H16F4N4O2. The molecule has 1 fully saturated rings. The monoisotopic (exact) mass is 384 g/mol. The lowest BCUT2D eigenvalue weighted by molar-refractivity contribution is -0.135. The minimum atomic E-state index is -2.86. The summed E-state index contributed by atoms with van der Waals surface area (Å²) in [6, 6.07) is 4.64. The Morgan fingerprint density at radius 1 is 1.33 bits per heavy atom. The maximum Gasteiger partial charge on any atom is 0.333 e. The minimum absolute atomic E-state index is 0.0856. The van der Waals surface area contributed by atoms with E-state index < -0.39 is 47.5 Å². The first kappa shape index (κ1) is 18.9. The fourth-order valence-corrected chi connectivity index (χ4v) is 3.16. The van der Waals surface area contributed by atoms with Crippen LogP contribution in [0.4, 0.5) is 23.2 Å². The number of rotatable bonds is 4. The van der Waals surface area contributed by atoms with Crippen LogP contribution in [0.25, 0.3) is 0 Å². The summed E-state index contributed by atoms with van der Waals surface area (Å²) in [7, 11) is 1.46. The van der Waals surface area contributed by atoms with E-state index in [0.29, 0.717) is 4.68 Å². The van der Waals surface area contributed by atoms with Gasteiger partial charge in [0.15, 0.2) is 11.6 Å². The molecule has 0 radical (unpaired) electrons. The number of halogens is 4. The lowest BCUT2D eigenvalue weighted by Crippen LogP contribution is -2.33. The molecule has 2 atom stereocenters.